The van der Waals surface area contributed by atoms with Gasteiger partial charge in [-0.1, -0.05) is 0 Å². The van der Waals surface area contributed by atoms with Crippen LogP contribution in [-0.2, 0) is 4.79 Å². The second-order valence-corrected chi connectivity index (χ2v) is 7.13. The molecule has 5 nitrogen and oxygen atoms in total. The highest BCUT2D eigenvalue weighted by Gasteiger charge is 2.28. The normalized spacial score (nSPS) is 19.0. The number of nitrogens with zero attached hydrogens (tertiary/aromatic N) is 1. The third kappa shape index (κ3) is 3.32. The van der Waals surface area contributed by atoms with E-state index in [2.05, 4.69) is 0 Å². The first-order chi connectivity index (χ1) is 10.9. The zero-order chi connectivity index (χ0) is 16.6. The largest absolute Gasteiger partial charge is 0.488 e. The van der Waals surface area contributed by atoms with Gasteiger partial charge in [0, 0.05) is 16.5 Å². The average Bonchev–Trinajstić information content (AvgIpc) is 3.05. The Morgan fingerprint density at radius 3 is 3.00 bits per heavy atom. The number of hydrogen-bond donors (Lipinski definition) is 1. The third-order valence-corrected chi connectivity index (χ3v) is 5.00. The van der Waals surface area contributed by atoms with E-state index in [1.165, 1.54) is 0 Å². The summed E-state index contributed by atoms with van der Waals surface area (Å²) in [5.41, 5.74) is 6.24. The van der Waals surface area contributed by atoms with Crippen molar-refractivity contribution in [3.05, 3.63) is 41.1 Å². The number of amides is 1. The molecule has 0 fully saturated rings. The molecule has 2 heterocycles. The molecule has 0 radical (unpaired) electrons. The maximum Gasteiger partial charge on any atom is 0.239 e. The third-order valence-electron chi connectivity index (χ3n) is 3.89. The molecule has 3 rings (SSSR count). The van der Waals surface area contributed by atoms with Crippen LogP contribution >= 0.6 is 11.8 Å². The van der Waals surface area contributed by atoms with Gasteiger partial charge in [0.1, 0.15) is 29.7 Å². The van der Waals surface area contributed by atoms with Crippen molar-refractivity contribution in [3.8, 4) is 5.75 Å². The molecule has 6 heteroatoms. The summed E-state index contributed by atoms with van der Waals surface area (Å²) in [6, 6.07) is 7.46. The van der Waals surface area contributed by atoms with Gasteiger partial charge in [-0.05, 0) is 45.0 Å². The molecule has 0 aliphatic carbocycles. The number of rotatable bonds is 5. The van der Waals surface area contributed by atoms with Crippen LogP contribution in [0.1, 0.15) is 19.6 Å². The van der Waals surface area contributed by atoms with Crippen LogP contribution in [0.5, 0.6) is 5.75 Å². The standard InChI is InChI=1S/C17H20N2O3S/c1-10-6-13-7-14(4-5-16(13)22-10)21-9-15-8-19(12(3)23-15)11(2)17(18)20/h4-8,11-12H,9H2,1-3H3,(H2,18,20). The minimum Gasteiger partial charge on any atom is -0.488 e. The molecule has 2 unspecified atom stereocenters. The van der Waals surface area contributed by atoms with Gasteiger partial charge in [-0.3, -0.25) is 4.79 Å². The highest BCUT2D eigenvalue weighted by atomic mass is 32.2. The monoisotopic (exact) mass is 332 g/mol. The van der Waals surface area contributed by atoms with Gasteiger partial charge in [-0.25, -0.2) is 0 Å². The van der Waals surface area contributed by atoms with Crippen molar-refractivity contribution < 1.29 is 13.9 Å². The van der Waals surface area contributed by atoms with Gasteiger partial charge in [0.2, 0.25) is 5.91 Å². The fraction of sp³-hybridized carbons (Fsp3) is 0.353. The summed E-state index contributed by atoms with van der Waals surface area (Å²) in [7, 11) is 0. The lowest BCUT2D eigenvalue weighted by Gasteiger charge is -2.25. The van der Waals surface area contributed by atoms with E-state index in [1.54, 1.807) is 11.8 Å². The number of nitrogens with two attached hydrogens (primary N) is 1. The first-order valence-electron chi connectivity index (χ1n) is 7.51. The van der Waals surface area contributed by atoms with Crippen molar-refractivity contribution in [3.63, 3.8) is 0 Å². The lowest BCUT2D eigenvalue weighted by atomic mass is 10.2. The lowest BCUT2D eigenvalue weighted by molar-refractivity contribution is -0.121. The Morgan fingerprint density at radius 1 is 1.48 bits per heavy atom. The van der Waals surface area contributed by atoms with Crippen LogP contribution in [0, 0.1) is 6.92 Å². The average molecular weight is 332 g/mol. The zero-order valence-electron chi connectivity index (χ0n) is 13.4. The van der Waals surface area contributed by atoms with E-state index < -0.39 is 0 Å². The number of carbonyl (C=O) groups is 1. The van der Waals surface area contributed by atoms with E-state index in [4.69, 9.17) is 14.9 Å². The molecule has 1 amide bonds. The maximum absolute atomic E-state index is 11.3. The predicted octanol–water partition coefficient (Wildman–Crippen LogP) is 3.23. The molecule has 0 bridgehead atoms. The molecule has 0 saturated carbocycles. The zero-order valence-corrected chi connectivity index (χ0v) is 14.2. The summed E-state index contributed by atoms with van der Waals surface area (Å²) < 4.78 is 11.4. The van der Waals surface area contributed by atoms with E-state index in [0.29, 0.717) is 6.61 Å². The van der Waals surface area contributed by atoms with E-state index in [9.17, 15) is 4.79 Å². The molecule has 23 heavy (non-hydrogen) atoms. The Kier molecular flexibility index (Phi) is 4.26. The molecule has 0 spiro atoms. The summed E-state index contributed by atoms with van der Waals surface area (Å²) in [6.07, 6.45) is 1.96. The number of primary amides is 1. The van der Waals surface area contributed by atoms with Crippen LogP contribution in [0.3, 0.4) is 0 Å². The number of ether oxygens (including phenoxy) is 1. The van der Waals surface area contributed by atoms with Gasteiger partial charge in [0.05, 0.1) is 5.37 Å². The van der Waals surface area contributed by atoms with Crippen molar-refractivity contribution >= 4 is 28.6 Å². The second kappa shape index (κ2) is 6.20. The van der Waals surface area contributed by atoms with E-state index in [1.807, 2.05) is 56.1 Å². The van der Waals surface area contributed by atoms with Gasteiger partial charge in [0.15, 0.2) is 0 Å². The van der Waals surface area contributed by atoms with Gasteiger partial charge in [-0.2, -0.15) is 0 Å². The highest BCUT2D eigenvalue weighted by molar-refractivity contribution is 8.03. The minimum absolute atomic E-state index is 0.176. The number of carbonyl (C=O) groups excluding carboxylic acids is 1. The Balaban J connectivity index is 1.67. The van der Waals surface area contributed by atoms with E-state index in [0.717, 1.165) is 27.4 Å². The molecule has 2 aromatic rings. The van der Waals surface area contributed by atoms with Crippen LogP contribution in [-0.4, -0.2) is 28.8 Å². The summed E-state index contributed by atoms with van der Waals surface area (Å²) in [4.78, 5) is 14.4. The van der Waals surface area contributed by atoms with Crippen LogP contribution in [0.2, 0.25) is 0 Å². The van der Waals surface area contributed by atoms with Crippen LogP contribution in [0.4, 0.5) is 0 Å². The molecule has 2 atom stereocenters. The number of furan rings is 1. The molecule has 0 saturated heterocycles. The number of aryl methyl sites for hydroxylation is 1. The molecule has 122 valence electrons. The lowest BCUT2D eigenvalue weighted by Crippen LogP contribution is -2.41. The first-order valence-corrected chi connectivity index (χ1v) is 8.39. The molecular weight excluding hydrogens is 312 g/mol. The number of benzene rings is 1. The summed E-state index contributed by atoms with van der Waals surface area (Å²) >= 11 is 1.68. The SMILES string of the molecule is Cc1cc2cc(OCC3=CN(C(C)C(N)=O)C(C)S3)ccc2o1. The van der Waals surface area contributed by atoms with Crippen LogP contribution in [0.25, 0.3) is 11.0 Å². The van der Waals surface area contributed by atoms with Crippen molar-refractivity contribution in [2.45, 2.75) is 32.2 Å². The summed E-state index contributed by atoms with van der Waals surface area (Å²) in [5, 5.41) is 1.21. The Labute approximate surface area is 139 Å². The summed E-state index contributed by atoms with van der Waals surface area (Å²) in [6.45, 7) is 6.26. The van der Waals surface area contributed by atoms with Gasteiger partial charge in [-0.15, -0.1) is 11.8 Å². The number of thioether (sulfide) groups is 1. The topological polar surface area (TPSA) is 68.7 Å². The Morgan fingerprint density at radius 2 is 2.26 bits per heavy atom. The summed E-state index contributed by atoms with van der Waals surface area (Å²) in [5.74, 6) is 1.36. The second-order valence-electron chi connectivity index (χ2n) is 5.68. The van der Waals surface area contributed by atoms with E-state index >= 15 is 0 Å². The first kappa shape index (κ1) is 15.8. The molecular formula is C17H20N2O3S. The fourth-order valence-electron chi connectivity index (χ4n) is 2.62. The fourth-order valence-corrected chi connectivity index (χ4v) is 3.74. The molecule has 1 aromatic heterocycles. The predicted molar refractivity (Wildman–Crippen MR) is 92.1 cm³/mol. The molecule has 2 N–H and O–H groups in total. The maximum atomic E-state index is 11.3. The minimum atomic E-state index is -0.323. The van der Waals surface area contributed by atoms with Gasteiger partial charge in [0.25, 0.3) is 0 Å². The smallest absolute Gasteiger partial charge is 0.239 e. The number of fused-ring (bicyclic) bond motifs is 1. The van der Waals surface area contributed by atoms with Gasteiger partial charge < -0.3 is 19.8 Å². The number of hydrogen-bond acceptors (Lipinski definition) is 5. The van der Waals surface area contributed by atoms with Crippen molar-refractivity contribution in [1.82, 2.24) is 4.90 Å². The van der Waals surface area contributed by atoms with E-state index in [-0.39, 0.29) is 17.3 Å². The van der Waals surface area contributed by atoms with Gasteiger partial charge >= 0.3 is 0 Å². The van der Waals surface area contributed by atoms with Crippen LogP contribution < -0.4 is 10.5 Å². The van der Waals surface area contributed by atoms with Crippen molar-refractivity contribution in [2.24, 2.45) is 5.73 Å². The Hall–Kier alpha value is -2.08. The highest BCUT2D eigenvalue weighted by Crippen LogP contribution is 2.34. The molecule has 1 aromatic carbocycles. The molecule has 1 aliphatic rings. The van der Waals surface area contributed by atoms with Crippen molar-refractivity contribution in [1.29, 1.82) is 0 Å². The van der Waals surface area contributed by atoms with Crippen LogP contribution in [0.15, 0.2) is 39.8 Å². The quantitative estimate of drug-likeness (QED) is 0.910. The molecule has 1 aliphatic heterocycles. The Bertz CT molecular complexity index is 768. The van der Waals surface area contributed by atoms with Crippen molar-refractivity contribution in [2.75, 3.05) is 6.61 Å².